The highest BCUT2D eigenvalue weighted by molar-refractivity contribution is 5.96. The molecule has 2 aliphatic heterocycles. The van der Waals surface area contributed by atoms with E-state index in [0.29, 0.717) is 56.9 Å². The van der Waals surface area contributed by atoms with Gasteiger partial charge in [0.05, 0.1) is 17.7 Å². The molecule has 8 rings (SSSR count). The van der Waals surface area contributed by atoms with Gasteiger partial charge in [0.25, 0.3) is 0 Å². The van der Waals surface area contributed by atoms with Crippen LogP contribution < -0.4 is 16.4 Å². The predicted molar refractivity (Wildman–Crippen MR) is 254 cm³/mol. The summed E-state index contributed by atoms with van der Waals surface area (Å²) >= 11 is 0. The molecule has 2 aromatic carbocycles. The minimum absolute atomic E-state index is 0.0221. The van der Waals surface area contributed by atoms with Crippen LogP contribution in [-0.4, -0.2) is 101 Å². The zero-order chi connectivity index (χ0) is 47.0. The number of aromatic hydroxyl groups is 1. The Kier molecular flexibility index (Phi) is 13.2. The van der Waals surface area contributed by atoms with Crippen molar-refractivity contribution in [2.24, 2.45) is 17.6 Å². The summed E-state index contributed by atoms with van der Waals surface area (Å²) in [6.45, 7) is 15.7. The zero-order valence-corrected chi connectivity index (χ0v) is 39.1. The Balaban J connectivity index is 1.19. The number of phenols is 1. The largest absolute Gasteiger partial charge is 0.508 e. The average molecular weight is 897 g/mol. The van der Waals surface area contributed by atoms with Crippen LogP contribution in [0.2, 0.25) is 0 Å². The maximum absolute atomic E-state index is 14.4. The van der Waals surface area contributed by atoms with E-state index in [0.717, 1.165) is 63.2 Å². The monoisotopic (exact) mass is 897 g/mol. The topological polar surface area (TPSA) is 194 Å². The number of likely N-dealkylation sites (tertiary alicyclic amines) is 1. The van der Waals surface area contributed by atoms with E-state index in [1.165, 1.54) is 11.0 Å². The van der Waals surface area contributed by atoms with Gasteiger partial charge in [-0.2, -0.15) is 0 Å². The van der Waals surface area contributed by atoms with Crippen molar-refractivity contribution in [3.8, 4) is 28.1 Å². The Bertz CT molecular complexity index is 2650. The number of aromatic nitrogens is 5. The first-order valence-corrected chi connectivity index (χ1v) is 23.4. The van der Waals surface area contributed by atoms with Gasteiger partial charge in [0.1, 0.15) is 30.0 Å². The van der Waals surface area contributed by atoms with E-state index in [1.54, 1.807) is 30.4 Å². The van der Waals surface area contributed by atoms with Crippen molar-refractivity contribution >= 4 is 34.5 Å². The number of imidazole rings is 1. The molecule has 4 atom stereocenters. The molecule has 15 heteroatoms. The molecular formula is C51H64N10O5. The minimum atomic E-state index is -1.05. The molecule has 1 saturated carbocycles. The van der Waals surface area contributed by atoms with Crippen LogP contribution in [0.3, 0.4) is 0 Å². The molecule has 66 heavy (non-hydrogen) atoms. The summed E-state index contributed by atoms with van der Waals surface area (Å²) in [6.07, 6.45) is 13.0. The van der Waals surface area contributed by atoms with Crippen LogP contribution in [0.1, 0.15) is 101 Å². The second-order valence-corrected chi connectivity index (χ2v) is 19.4. The Morgan fingerprint density at radius 2 is 1.80 bits per heavy atom. The molecule has 2 fully saturated rings. The number of aryl methyl sites for hydroxylation is 1. The predicted octanol–water partition coefficient (Wildman–Crippen LogP) is 6.00. The van der Waals surface area contributed by atoms with Crippen molar-refractivity contribution in [3.05, 3.63) is 96.6 Å². The molecule has 348 valence electrons. The fourth-order valence-corrected chi connectivity index (χ4v) is 10.4. The summed E-state index contributed by atoms with van der Waals surface area (Å²) < 4.78 is 4.69. The highest BCUT2D eigenvalue weighted by Gasteiger charge is 2.39. The lowest BCUT2D eigenvalue weighted by molar-refractivity contribution is -0.144. The summed E-state index contributed by atoms with van der Waals surface area (Å²) in [5.41, 5.74) is 14.2. The highest BCUT2D eigenvalue weighted by Crippen LogP contribution is 2.45. The van der Waals surface area contributed by atoms with Crippen molar-refractivity contribution in [3.63, 3.8) is 0 Å². The van der Waals surface area contributed by atoms with E-state index in [4.69, 9.17) is 10.7 Å². The molecule has 5 aromatic rings. The Morgan fingerprint density at radius 3 is 2.50 bits per heavy atom. The molecule has 0 spiro atoms. The third-order valence-corrected chi connectivity index (χ3v) is 13.8. The number of likely N-dealkylation sites (N-methyl/N-ethyl adjacent to an activating group) is 1. The summed E-state index contributed by atoms with van der Waals surface area (Å²) in [6, 6.07) is 9.65. The second kappa shape index (κ2) is 18.9. The van der Waals surface area contributed by atoms with Crippen LogP contribution in [0.5, 0.6) is 5.75 Å². The number of phenolic OH excluding ortho intramolecular Hbond substituents is 1. The lowest BCUT2D eigenvalue weighted by Gasteiger charge is -2.33. The number of nitrogens with two attached hydrogens (primary N) is 1. The van der Waals surface area contributed by atoms with Crippen molar-refractivity contribution in [2.75, 3.05) is 26.7 Å². The first kappa shape index (κ1) is 46.2. The number of carbonyl (C=O) groups excluding carboxylic acids is 4. The van der Waals surface area contributed by atoms with E-state index in [9.17, 15) is 24.3 Å². The molecule has 3 aromatic heterocycles. The first-order valence-electron chi connectivity index (χ1n) is 23.4. The second-order valence-electron chi connectivity index (χ2n) is 19.4. The van der Waals surface area contributed by atoms with Gasteiger partial charge in [0, 0.05) is 91.9 Å². The van der Waals surface area contributed by atoms with E-state index in [2.05, 4.69) is 75.3 Å². The minimum Gasteiger partial charge on any atom is -0.508 e. The number of hydrogen-bond donors (Lipinski definition) is 4. The lowest BCUT2D eigenvalue weighted by atomic mass is 9.81. The first-order chi connectivity index (χ1) is 31.6. The molecule has 5 N–H and O–H groups in total. The van der Waals surface area contributed by atoms with Crippen molar-refractivity contribution in [2.45, 2.75) is 116 Å². The molecule has 15 nitrogen and oxygen atoms in total. The number of rotatable bonds is 9. The molecule has 5 heterocycles. The van der Waals surface area contributed by atoms with E-state index in [1.807, 2.05) is 38.5 Å². The van der Waals surface area contributed by atoms with Crippen molar-refractivity contribution in [1.29, 1.82) is 0 Å². The number of nitrogens with one attached hydrogen (secondary N) is 2. The van der Waals surface area contributed by atoms with Gasteiger partial charge in [-0.15, -0.1) is 0 Å². The summed E-state index contributed by atoms with van der Waals surface area (Å²) in [5.74, 6) is -1.24. The standard InChI is InChI=1S/C51H64N10O5/c1-8-44(63)59-18-16-33(28-59)50(66)58(7)45(30(3)4)49(65)57-41-21-31-19-34(22-37(62)20-31)32-12-15-42-38(23-32)39(46(60(42)9-2)35-25-53-29-54-26-35)24-51(5,6)43-27-56-47(61(43)36-13-14-36)40(52)11-10-17-55-48(41)64/h8,12,15,19-20,22-23,25-27,29-30,33,36,40-41,45,62H,1,9-11,13-14,16-18,21,24,28,52H2,2-7H3,(H,55,64)(H,57,65)/t33?,40-,41-,45-/m0/s1. The van der Waals surface area contributed by atoms with Crippen LogP contribution in [0.25, 0.3) is 33.3 Å². The summed E-state index contributed by atoms with van der Waals surface area (Å²) in [5, 5.41) is 18.4. The SMILES string of the molecule is C=CC(=O)N1CCC(C(=O)N(C)[C@H](C(=O)N[C@H]2Cc3cc(O)cc(c3)-c3ccc4c(c3)c(c(-c3cncnc3)n4CC)CC(C)(C)c3cnc(n3C3CC3)[C@@H](N)CCCNC2=O)C(C)C)C1. The van der Waals surface area contributed by atoms with Gasteiger partial charge in [-0.3, -0.25) is 19.2 Å². The van der Waals surface area contributed by atoms with Gasteiger partial charge in [-0.05, 0) is 104 Å². The van der Waals surface area contributed by atoms with Crippen LogP contribution in [0, 0.1) is 11.8 Å². The maximum atomic E-state index is 14.4. The highest BCUT2D eigenvalue weighted by atomic mass is 16.3. The normalized spacial score (nSPS) is 20.5. The van der Waals surface area contributed by atoms with Crippen molar-refractivity contribution in [1.82, 2.24) is 44.5 Å². The molecule has 1 saturated heterocycles. The fourth-order valence-electron chi connectivity index (χ4n) is 10.4. The van der Waals surface area contributed by atoms with Gasteiger partial charge < -0.3 is 40.4 Å². The third kappa shape index (κ3) is 9.22. The van der Waals surface area contributed by atoms with Gasteiger partial charge in [-0.1, -0.05) is 46.4 Å². The Labute approximate surface area is 386 Å². The number of benzene rings is 2. The maximum Gasteiger partial charge on any atom is 0.245 e. The van der Waals surface area contributed by atoms with Crippen LogP contribution in [0.4, 0.5) is 0 Å². The van der Waals surface area contributed by atoms with E-state index in [-0.39, 0.29) is 47.9 Å². The third-order valence-electron chi connectivity index (χ3n) is 13.8. The van der Waals surface area contributed by atoms with Crippen LogP contribution in [0.15, 0.2) is 74.0 Å². The fraction of sp³-hybridized carbons (Fsp3) is 0.471. The van der Waals surface area contributed by atoms with Crippen LogP contribution in [-0.2, 0) is 44.0 Å². The Hall–Kier alpha value is -6.35. The van der Waals surface area contributed by atoms with Gasteiger partial charge in [0.2, 0.25) is 23.6 Å². The molecule has 0 radical (unpaired) electrons. The van der Waals surface area contributed by atoms with Crippen molar-refractivity contribution < 1.29 is 24.3 Å². The molecule has 4 amide bonds. The summed E-state index contributed by atoms with van der Waals surface area (Å²) in [4.78, 5) is 71.8. The number of amides is 4. The Morgan fingerprint density at radius 1 is 1.05 bits per heavy atom. The summed E-state index contributed by atoms with van der Waals surface area (Å²) in [7, 11) is 1.61. The van der Waals surface area contributed by atoms with Gasteiger partial charge in [-0.25, -0.2) is 15.0 Å². The molecule has 1 aliphatic carbocycles. The number of carbonyl (C=O) groups is 4. The van der Waals surface area contributed by atoms with Crippen LogP contribution >= 0.6 is 0 Å². The molecular weight excluding hydrogens is 833 g/mol. The average Bonchev–Trinajstić information content (AvgIpc) is 3.68. The zero-order valence-electron chi connectivity index (χ0n) is 39.1. The van der Waals surface area contributed by atoms with E-state index >= 15 is 0 Å². The number of fused-ring (bicyclic) bond motifs is 6. The van der Waals surface area contributed by atoms with Gasteiger partial charge >= 0.3 is 0 Å². The smallest absolute Gasteiger partial charge is 0.245 e. The molecule has 1 unspecified atom stereocenters. The van der Waals surface area contributed by atoms with E-state index < -0.39 is 29.8 Å². The molecule has 3 aliphatic rings. The molecule has 6 bridgehead atoms. The number of nitrogens with zero attached hydrogens (tertiary/aromatic N) is 7. The number of hydrogen-bond acceptors (Lipinski definition) is 9. The van der Waals surface area contributed by atoms with Gasteiger partial charge in [0.15, 0.2) is 0 Å². The quantitative estimate of drug-likeness (QED) is 0.129. The lowest BCUT2D eigenvalue weighted by Crippen LogP contribution is -2.57.